The fourth-order valence-electron chi connectivity index (χ4n) is 2.19. The summed E-state index contributed by atoms with van der Waals surface area (Å²) in [6, 6.07) is 7.39. The van der Waals surface area contributed by atoms with E-state index in [2.05, 4.69) is 6.92 Å². The van der Waals surface area contributed by atoms with Crippen LogP contribution in [0.2, 0.25) is 0 Å². The van der Waals surface area contributed by atoms with E-state index >= 15 is 0 Å². The molecule has 0 heterocycles. The maximum atomic E-state index is 10.8. The second-order valence-electron chi connectivity index (χ2n) is 5.15. The van der Waals surface area contributed by atoms with Gasteiger partial charge in [0.2, 0.25) is 0 Å². The zero-order valence-corrected chi connectivity index (χ0v) is 12.4. The van der Waals surface area contributed by atoms with Crippen LogP contribution in [-0.4, -0.2) is 17.7 Å². The molecule has 1 N–H and O–H groups in total. The highest BCUT2D eigenvalue weighted by atomic mass is 16.5. The topological polar surface area (TPSA) is 46.5 Å². The average molecular weight is 278 g/mol. The lowest BCUT2D eigenvalue weighted by molar-refractivity contribution is -0.136. The molecule has 1 rings (SSSR count). The summed E-state index contributed by atoms with van der Waals surface area (Å²) in [6.45, 7) is 2.90. The normalized spacial score (nSPS) is 10.4. The van der Waals surface area contributed by atoms with Gasteiger partial charge in [-0.3, -0.25) is 4.79 Å². The van der Waals surface area contributed by atoms with Crippen molar-refractivity contribution >= 4 is 5.97 Å². The van der Waals surface area contributed by atoms with E-state index in [1.54, 1.807) is 0 Å². The van der Waals surface area contributed by atoms with Crippen molar-refractivity contribution < 1.29 is 14.6 Å². The Hall–Kier alpha value is -1.51. The SMILES string of the molecule is CCCCCCCCCOc1ccccc1CC(=O)O. The van der Waals surface area contributed by atoms with Gasteiger partial charge in [-0.05, 0) is 12.5 Å². The first-order chi connectivity index (χ1) is 9.74. The molecule has 20 heavy (non-hydrogen) atoms. The third-order valence-corrected chi connectivity index (χ3v) is 3.32. The first kappa shape index (κ1) is 16.5. The molecule has 3 heteroatoms. The number of para-hydroxylation sites is 1. The summed E-state index contributed by atoms with van der Waals surface area (Å²) in [6.07, 6.45) is 8.76. The van der Waals surface area contributed by atoms with Crippen LogP contribution in [0.15, 0.2) is 24.3 Å². The quantitative estimate of drug-likeness (QED) is 0.608. The van der Waals surface area contributed by atoms with Gasteiger partial charge in [0, 0.05) is 5.56 Å². The molecular weight excluding hydrogens is 252 g/mol. The summed E-state index contributed by atoms with van der Waals surface area (Å²) < 4.78 is 5.70. The summed E-state index contributed by atoms with van der Waals surface area (Å²) in [7, 11) is 0. The Bertz CT molecular complexity index is 388. The first-order valence-corrected chi connectivity index (χ1v) is 7.66. The van der Waals surface area contributed by atoms with E-state index in [0.717, 1.165) is 12.0 Å². The van der Waals surface area contributed by atoms with E-state index in [1.165, 1.54) is 38.5 Å². The fraction of sp³-hybridized carbons (Fsp3) is 0.588. The molecule has 0 fully saturated rings. The van der Waals surface area contributed by atoms with Crippen molar-refractivity contribution in [1.29, 1.82) is 0 Å². The molecule has 0 spiro atoms. The second-order valence-corrected chi connectivity index (χ2v) is 5.15. The molecule has 0 aliphatic carbocycles. The fourth-order valence-corrected chi connectivity index (χ4v) is 2.19. The van der Waals surface area contributed by atoms with Crippen molar-refractivity contribution in [3.63, 3.8) is 0 Å². The number of rotatable bonds is 11. The molecule has 0 amide bonds. The lowest BCUT2D eigenvalue weighted by Gasteiger charge is -2.10. The molecule has 112 valence electrons. The maximum Gasteiger partial charge on any atom is 0.307 e. The van der Waals surface area contributed by atoms with E-state index < -0.39 is 5.97 Å². The smallest absolute Gasteiger partial charge is 0.307 e. The Kier molecular flexibility index (Phi) is 8.52. The van der Waals surface area contributed by atoms with Crippen LogP contribution in [0.25, 0.3) is 0 Å². The zero-order chi connectivity index (χ0) is 14.6. The highest BCUT2D eigenvalue weighted by Gasteiger charge is 2.06. The Morgan fingerprint density at radius 2 is 1.70 bits per heavy atom. The molecule has 0 aromatic heterocycles. The minimum atomic E-state index is -0.822. The Morgan fingerprint density at radius 1 is 1.05 bits per heavy atom. The van der Waals surface area contributed by atoms with Gasteiger partial charge in [-0.2, -0.15) is 0 Å². The molecular formula is C17H26O3. The highest BCUT2D eigenvalue weighted by molar-refractivity contribution is 5.71. The lowest BCUT2D eigenvalue weighted by atomic mass is 10.1. The van der Waals surface area contributed by atoms with E-state index in [0.29, 0.717) is 12.4 Å². The Balaban J connectivity index is 2.20. The maximum absolute atomic E-state index is 10.8. The second kappa shape index (κ2) is 10.3. The zero-order valence-electron chi connectivity index (χ0n) is 12.4. The van der Waals surface area contributed by atoms with Crippen molar-refractivity contribution in [1.82, 2.24) is 0 Å². The molecule has 1 aromatic carbocycles. The largest absolute Gasteiger partial charge is 0.493 e. The third kappa shape index (κ3) is 7.17. The molecule has 0 saturated heterocycles. The van der Waals surface area contributed by atoms with Gasteiger partial charge in [-0.25, -0.2) is 0 Å². The first-order valence-electron chi connectivity index (χ1n) is 7.66. The third-order valence-electron chi connectivity index (χ3n) is 3.32. The van der Waals surface area contributed by atoms with Crippen molar-refractivity contribution in [2.45, 2.75) is 58.3 Å². The molecule has 3 nitrogen and oxygen atoms in total. The van der Waals surface area contributed by atoms with Crippen LogP contribution in [0, 0.1) is 0 Å². The minimum absolute atomic E-state index is 0.0210. The molecule has 0 aliphatic heterocycles. The minimum Gasteiger partial charge on any atom is -0.493 e. The van der Waals surface area contributed by atoms with Crippen LogP contribution in [0.1, 0.15) is 57.4 Å². The van der Waals surface area contributed by atoms with Crippen LogP contribution in [0.4, 0.5) is 0 Å². The number of carbonyl (C=O) groups is 1. The molecule has 0 saturated carbocycles. The van der Waals surface area contributed by atoms with Gasteiger partial charge in [0.05, 0.1) is 13.0 Å². The lowest BCUT2D eigenvalue weighted by Crippen LogP contribution is -2.04. The Labute approximate surface area is 122 Å². The van der Waals surface area contributed by atoms with E-state index in [4.69, 9.17) is 9.84 Å². The van der Waals surface area contributed by atoms with Crippen molar-refractivity contribution in [3.05, 3.63) is 29.8 Å². The average Bonchev–Trinajstić information content (AvgIpc) is 2.43. The molecule has 0 radical (unpaired) electrons. The number of aliphatic carboxylic acids is 1. The number of hydrogen-bond acceptors (Lipinski definition) is 2. The molecule has 0 atom stereocenters. The molecule has 0 aliphatic rings. The number of carboxylic acid groups (broad SMARTS) is 1. The van der Waals surface area contributed by atoms with Gasteiger partial charge in [-0.1, -0.05) is 63.6 Å². The van der Waals surface area contributed by atoms with Crippen LogP contribution in [0.3, 0.4) is 0 Å². The van der Waals surface area contributed by atoms with Gasteiger partial charge in [0.1, 0.15) is 5.75 Å². The van der Waals surface area contributed by atoms with Crippen molar-refractivity contribution in [2.75, 3.05) is 6.61 Å². The van der Waals surface area contributed by atoms with Crippen LogP contribution < -0.4 is 4.74 Å². The monoisotopic (exact) mass is 278 g/mol. The predicted molar refractivity (Wildman–Crippen MR) is 81.3 cm³/mol. The predicted octanol–water partition coefficient (Wildman–Crippen LogP) is 4.44. The van der Waals surface area contributed by atoms with E-state index in [-0.39, 0.29) is 6.42 Å². The van der Waals surface area contributed by atoms with E-state index in [1.807, 2.05) is 24.3 Å². The van der Waals surface area contributed by atoms with Crippen molar-refractivity contribution in [3.8, 4) is 5.75 Å². The van der Waals surface area contributed by atoms with Gasteiger partial charge in [0.15, 0.2) is 0 Å². The number of hydrogen-bond donors (Lipinski definition) is 1. The number of benzene rings is 1. The number of unbranched alkanes of at least 4 members (excludes halogenated alkanes) is 6. The van der Waals surface area contributed by atoms with Gasteiger partial charge in [0.25, 0.3) is 0 Å². The standard InChI is InChI=1S/C17H26O3/c1-2-3-4-5-6-7-10-13-20-16-12-9-8-11-15(16)14-17(18)19/h8-9,11-12H,2-7,10,13-14H2,1H3,(H,18,19). The number of ether oxygens (including phenoxy) is 1. The summed E-state index contributed by atoms with van der Waals surface area (Å²) in [5.74, 6) is -0.113. The summed E-state index contributed by atoms with van der Waals surface area (Å²) in [5, 5.41) is 8.85. The van der Waals surface area contributed by atoms with Gasteiger partial charge in [-0.15, -0.1) is 0 Å². The highest BCUT2D eigenvalue weighted by Crippen LogP contribution is 2.19. The summed E-state index contributed by atoms with van der Waals surface area (Å²) >= 11 is 0. The van der Waals surface area contributed by atoms with Crippen LogP contribution >= 0.6 is 0 Å². The van der Waals surface area contributed by atoms with Gasteiger partial charge < -0.3 is 9.84 Å². The van der Waals surface area contributed by atoms with Crippen molar-refractivity contribution in [2.24, 2.45) is 0 Å². The van der Waals surface area contributed by atoms with Crippen LogP contribution in [0.5, 0.6) is 5.75 Å². The molecule has 0 unspecified atom stereocenters. The molecule has 0 bridgehead atoms. The van der Waals surface area contributed by atoms with Gasteiger partial charge >= 0.3 is 5.97 Å². The molecule has 1 aromatic rings. The van der Waals surface area contributed by atoms with E-state index in [9.17, 15) is 4.79 Å². The van der Waals surface area contributed by atoms with Crippen LogP contribution in [-0.2, 0) is 11.2 Å². The Morgan fingerprint density at radius 3 is 2.40 bits per heavy atom. The summed E-state index contributed by atoms with van der Waals surface area (Å²) in [5.41, 5.74) is 0.753. The number of carboxylic acids is 1. The summed E-state index contributed by atoms with van der Waals surface area (Å²) in [4.78, 5) is 10.8.